The Morgan fingerprint density at radius 3 is 2.61 bits per heavy atom. The predicted octanol–water partition coefficient (Wildman–Crippen LogP) is 2.51. The Morgan fingerprint density at radius 2 is 1.94 bits per heavy atom. The van der Waals surface area contributed by atoms with Crippen LogP contribution < -0.4 is 10.5 Å². The Balaban J connectivity index is 2.43. The number of benzene rings is 1. The third-order valence-electron chi connectivity index (χ3n) is 2.38. The fraction of sp³-hybridized carbons (Fsp3) is 0.538. The molecule has 0 aliphatic carbocycles. The van der Waals surface area contributed by atoms with Gasteiger partial charge in [0.05, 0.1) is 19.8 Å². The van der Waals surface area contributed by atoms with Gasteiger partial charge in [-0.05, 0) is 19.1 Å². The SMILES string of the molecule is COCCOCCOc1cc(Br)ccc1[C@H](C)N. The molecule has 0 spiro atoms. The Kier molecular flexibility index (Phi) is 7.27. The highest BCUT2D eigenvalue weighted by atomic mass is 79.9. The lowest BCUT2D eigenvalue weighted by Crippen LogP contribution is -2.12. The van der Waals surface area contributed by atoms with Crippen molar-refractivity contribution in [3.05, 3.63) is 28.2 Å². The minimum atomic E-state index is -0.0532. The maximum Gasteiger partial charge on any atom is 0.125 e. The number of ether oxygens (including phenoxy) is 3. The van der Waals surface area contributed by atoms with Gasteiger partial charge in [0.15, 0.2) is 0 Å². The molecule has 0 fully saturated rings. The highest BCUT2D eigenvalue weighted by Gasteiger charge is 2.08. The lowest BCUT2D eigenvalue weighted by atomic mass is 10.1. The smallest absolute Gasteiger partial charge is 0.125 e. The molecule has 0 unspecified atom stereocenters. The molecule has 1 atom stereocenters. The van der Waals surface area contributed by atoms with Gasteiger partial charge < -0.3 is 19.9 Å². The molecular weight excluding hydrogens is 298 g/mol. The number of nitrogens with two attached hydrogens (primary N) is 1. The van der Waals surface area contributed by atoms with Gasteiger partial charge >= 0.3 is 0 Å². The molecule has 1 aromatic carbocycles. The number of halogens is 1. The van der Waals surface area contributed by atoms with E-state index in [0.29, 0.717) is 26.4 Å². The summed E-state index contributed by atoms with van der Waals surface area (Å²) in [5, 5.41) is 0. The van der Waals surface area contributed by atoms with E-state index in [0.717, 1.165) is 15.8 Å². The van der Waals surface area contributed by atoms with E-state index < -0.39 is 0 Å². The largest absolute Gasteiger partial charge is 0.491 e. The molecule has 0 aliphatic rings. The van der Waals surface area contributed by atoms with Gasteiger partial charge in [-0.15, -0.1) is 0 Å². The van der Waals surface area contributed by atoms with Crippen molar-refractivity contribution in [3.63, 3.8) is 0 Å². The van der Waals surface area contributed by atoms with Crippen LogP contribution in [0.1, 0.15) is 18.5 Å². The quantitative estimate of drug-likeness (QED) is 0.748. The van der Waals surface area contributed by atoms with Crippen molar-refractivity contribution < 1.29 is 14.2 Å². The predicted molar refractivity (Wildman–Crippen MR) is 74.9 cm³/mol. The third-order valence-corrected chi connectivity index (χ3v) is 2.88. The number of hydrogen-bond donors (Lipinski definition) is 1. The van der Waals surface area contributed by atoms with Crippen LogP contribution in [0, 0.1) is 0 Å². The van der Waals surface area contributed by atoms with Crippen LogP contribution in [0.2, 0.25) is 0 Å². The second kappa shape index (κ2) is 8.48. The van der Waals surface area contributed by atoms with Gasteiger partial charge in [0.2, 0.25) is 0 Å². The average molecular weight is 318 g/mol. The lowest BCUT2D eigenvalue weighted by Gasteiger charge is -2.14. The minimum Gasteiger partial charge on any atom is -0.491 e. The first-order valence-electron chi connectivity index (χ1n) is 5.89. The summed E-state index contributed by atoms with van der Waals surface area (Å²) in [4.78, 5) is 0. The molecule has 0 saturated heterocycles. The van der Waals surface area contributed by atoms with E-state index in [4.69, 9.17) is 19.9 Å². The second-order valence-electron chi connectivity index (χ2n) is 3.92. The molecule has 0 heterocycles. The molecule has 1 rings (SSSR count). The minimum absolute atomic E-state index is 0.0532. The van der Waals surface area contributed by atoms with Crippen LogP contribution in [0.3, 0.4) is 0 Å². The second-order valence-corrected chi connectivity index (χ2v) is 4.84. The normalized spacial score (nSPS) is 12.4. The summed E-state index contributed by atoms with van der Waals surface area (Å²) in [5.74, 6) is 0.801. The first kappa shape index (κ1) is 15.4. The van der Waals surface area contributed by atoms with Crippen molar-refractivity contribution in [3.8, 4) is 5.75 Å². The van der Waals surface area contributed by atoms with E-state index in [1.165, 1.54) is 0 Å². The van der Waals surface area contributed by atoms with E-state index in [9.17, 15) is 0 Å². The highest BCUT2D eigenvalue weighted by molar-refractivity contribution is 9.10. The Hall–Kier alpha value is -0.620. The van der Waals surface area contributed by atoms with Crippen molar-refractivity contribution in [2.24, 2.45) is 5.73 Å². The molecule has 0 aliphatic heterocycles. The maximum absolute atomic E-state index is 5.89. The summed E-state index contributed by atoms with van der Waals surface area (Å²) >= 11 is 3.42. The van der Waals surface area contributed by atoms with Crippen LogP contribution in [0.25, 0.3) is 0 Å². The Bertz CT molecular complexity index is 358. The molecule has 102 valence electrons. The van der Waals surface area contributed by atoms with E-state index >= 15 is 0 Å². The molecule has 0 bridgehead atoms. The third kappa shape index (κ3) is 5.35. The lowest BCUT2D eigenvalue weighted by molar-refractivity contribution is 0.0542. The molecule has 0 aromatic heterocycles. The number of rotatable bonds is 8. The van der Waals surface area contributed by atoms with E-state index in [1.807, 2.05) is 25.1 Å². The van der Waals surface area contributed by atoms with Crippen molar-refractivity contribution in [1.82, 2.24) is 0 Å². The summed E-state index contributed by atoms with van der Waals surface area (Å²) in [7, 11) is 1.65. The van der Waals surface area contributed by atoms with Gasteiger partial charge in [-0.2, -0.15) is 0 Å². The number of hydrogen-bond acceptors (Lipinski definition) is 4. The molecule has 0 radical (unpaired) electrons. The summed E-state index contributed by atoms with van der Waals surface area (Å²) in [5.41, 5.74) is 6.89. The van der Waals surface area contributed by atoms with Gasteiger partial charge in [0, 0.05) is 23.2 Å². The first-order valence-corrected chi connectivity index (χ1v) is 6.69. The molecule has 0 amide bonds. The van der Waals surface area contributed by atoms with Gasteiger partial charge in [-0.3, -0.25) is 0 Å². The summed E-state index contributed by atoms with van der Waals surface area (Å²) in [6.07, 6.45) is 0. The topological polar surface area (TPSA) is 53.7 Å². The molecular formula is C13H20BrNO3. The van der Waals surface area contributed by atoms with Gasteiger partial charge in [-0.25, -0.2) is 0 Å². The fourth-order valence-corrected chi connectivity index (χ4v) is 1.80. The Morgan fingerprint density at radius 1 is 1.22 bits per heavy atom. The summed E-state index contributed by atoms with van der Waals surface area (Å²) in [6, 6.07) is 5.80. The number of methoxy groups -OCH3 is 1. The van der Waals surface area contributed by atoms with Crippen molar-refractivity contribution in [2.45, 2.75) is 13.0 Å². The zero-order valence-corrected chi connectivity index (χ0v) is 12.4. The zero-order chi connectivity index (χ0) is 13.4. The standard InChI is InChI=1S/C13H20BrNO3/c1-10(15)12-4-3-11(14)9-13(12)18-8-7-17-6-5-16-2/h3-4,9-10H,5-8,15H2,1-2H3/t10-/m0/s1. The van der Waals surface area contributed by atoms with Crippen LogP contribution in [-0.4, -0.2) is 33.5 Å². The Labute approximate surface area is 117 Å². The first-order chi connectivity index (χ1) is 8.65. The molecule has 5 heteroatoms. The van der Waals surface area contributed by atoms with Crippen LogP contribution in [0.15, 0.2) is 22.7 Å². The summed E-state index contributed by atoms with van der Waals surface area (Å²) < 4.78 is 16.9. The molecule has 1 aromatic rings. The highest BCUT2D eigenvalue weighted by Crippen LogP contribution is 2.27. The maximum atomic E-state index is 5.89. The van der Waals surface area contributed by atoms with Crippen molar-refractivity contribution in [1.29, 1.82) is 0 Å². The van der Waals surface area contributed by atoms with E-state index in [-0.39, 0.29) is 6.04 Å². The molecule has 4 nitrogen and oxygen atoms in total. The van der Waals surface area contributed by atoms with E-state index in [2.05, 4.69) is 15.9 Å². The molecule has 0 saturated carbocycles. The van der Waals surface area contributed by atoms with E-state index in [1.54, 1.807) is 7.11 Å². The van der Waals surface area contributed by atoms with Gasteiger partial charge in [-0.1, -0.05) is 22.0 Å². The van der Waals surface area contributed by atoms with Crippen LogP contribution >= 0.6 is 15.9 Å². The molecule has 2 N–H and O–H groups in total. The zero-order valence-electron chi connectivity index (χ0n) is 10.8. The average Bonchev–Trinajstić information content (AvgIpc) is 2.33. The van der Waals surface area contributed by atoms with Crippen molar-refractivity contribution >= 4 is 15.9 Å². The summed E-state index contributed by atoms with van der Waals surface area (Å²) in [6.45, 7) is 4.15. The van der Waals surface area contributed by atoms with Crippen molar-refractivity contribution in [2.75, 3.05) is 33.5 Å². The van der Waals surface area contributed by atoms with Crippen LogP contribution in [-0.2, 0) is 9.47 Å². The fourth-order valence-electron chi connectivity index (χ4n) is 1.46. The van der Waals surface area contributed by atoms with Crippen LogP contribution in [0.5, 0.6) is 5.75 Å². The monoisotopic (exact) mass is 317 g/mol. The molecule has 18 heavy (non-hydrogen) atoms. The van der Waals surface area contributed by atoms with Gasteiger partial charge in [0.1, 0.15) is 12.4 Å². The van der Waals surface area contributed by atoms with Crippen LogP contribution in [0.4, 0.5) is 0 Å². The van der Waals surface area contributed by atoms with Gasteiger partial charge in [0.25, 0.3) is 0 Å².